The largest absolute Gasteiger partial charge is 0.396 e. The Kier molecular flexibility index (Phi) is 3.02. The third-order valence-electron chi connectivity index (χ3n) is 5.71. The summed E-state index contributed by atoms with van der Waals surface area (Å²) in [6, 6.07) is 0. The van der Waals surface area contributed by atoms with Crippen LogP contribution in [0, 0.1) is 16.7 Å². The minimum absolute atomic E-state index is 0.340. The highest BCUT2D eigenvalue weighted by atomic mass is 16.2. The second kappa shape index (κ2) is 4.21. The van der Waals surface area contributed by atoms with Crippen molar-refractivity contribution in [3.63, 3.8) is 0 Å². The molecule has 2 heteroatoms. The van der Waals surface area contributed by atoms with E-state index in [-0.39, 0.29) is 0 Å². The van der Waals surface area contributed by atoms with Crippen molar-refractivity contribution in [1.82, 2.24) is 5.32 Å². The fourth-order valence-electron chi connectivity index (χ4n) is 6.24. The minimum atomic E-state index is 0.340. The first kappa shape index (κ1) is 12.9. The molecule has 4 atom stereocenters. The Morgan fingerprint density at radius 1 is 1.00 bits per heavy atom. The summed E-state index contributed by atoms with van der Waals surface area (Å²) in [5, 5.41) is 12.8. The quantitative estimate of drug-likeness (QED) is 0.736. The SMILES string of the molecule is C[C@]12C[C@@H]3C[C@](C)(C1)C[C@](NCCCCO)(C3)C2. The van der Waals surface area contributed by atoms with Gasteiger partial charge in [-0.1, -0.05) is 13.8 Å². The zero-order chi connectivity index (χ0) is 12.9. The molecule has 0 unspecified atom stereocenters. The van der Waals surface area contributed by atoms with Gasteiger partial charge in [-0.25, -0.2) is 0 Å². The first-order chi connectivity index (χ1) is 8.47. The zero-order valence-corrected chi connectivity index (χ0v) is 12.1. The van der Waals surface area contributed by atoms with E-state index < -0.39 is 0 Å². The second-order valence-electron chi connectivity index (χ2n) is 8.27. The summed E-state index contributed by atoms with van der Waals surface area (Å²) in [5.41, 5.74) is 1.66. The predicted octanol–water partition coefficient (Wildman–Crippen LogP) is 3.10. The molecule has 18 heavy (non-hydrogen) atoms. The van der Waals surface area contributed by atoms with Crippen LogP contribution in [0.3, 0.4) is 0 Å². The molecule has 4 aliphatic carbocycles. The average molecular weight is 251 g/mol. The molecule has 0 aromatic carbocycles. The molecule has 4 bridgehead atoms. The van der Waals surface area contributed by atoms with Crippen molar-refractivity contribution >= 4 is 0 Å². The smallest absolute Gasteiger partial charge is 0.0431 e. The molecule has 0 spiro atoms. The van der Waals surface area contributed by atoms with Gasteiger partial charge in [-0.15, -0.1) is 0 Å². The van der Waals surface area contributed by atoms with Crippen molar-refractivity contribution in [2.75, 3.05) is 13.2 Å². The fourth-order valence-corrected chi connectivity index (χ4v) is 6.24. The molecule has 0 saturated heterocycles. The van der Waals surface area contributed by atoms with Gasteiger partial charge in [-0.05, 0) is 74.7 Å². The van der Waals surface area contributed by atoms with Crippen LogP contribution in [0.5, 0.6) is 0 Å². The van der Waals surface area contributed by atoms with Crippen LogP contribution < -0.4 is 5.32 Å². The van der Waals surface area contributed by atoms with Crippen LogP contribution in [-0.2, 0) is 0 Å². The van der Waals surface area contributed by atoms with Crippen molar-refractivity contribution in [3.8, 4) is 0 Å². The van der Waals surface area contributed by atoms with Crippen molar-refractivity contribution in [3.05, 3.63) is 0 Å². The molecule has 104 valence electrons. The molecule has 4 rings (SSSR count). The summed E-state index contributed by atoms with van der Waals surface area (Å²) in [7, 11) is 0. The van der Waals surface area contributed by atoms with E-state index in [4.69, 9.17) is 5.11 Å². The third kappa shape index (κ3) is 2.22. The maximum absolute atomic E-state index is 8.88. The van der Waals surface area contributed by atoms with Gasteiger partial charge < -0.3 is 10.4 Å². The Hall–Kier alpha value is -0.0800. The lowest BCUT2D eigenvalue weighted by atomic mass is 9.43. The van der Waals surface area contributed by atoms with Gasteiger partial charge in [0.2, 0.25) is 0 Å². The second-order valence-corrected chi connectivity index (χ2v) is 8.27. The summed E-state index contributed by atoms with van der Waals surface area (Å²) in [4.78, 5) is 0. The first-order valence-electron chi connectivity index (χ1n) is 7.83. The van der Waals surface area contributed by atoms with Crippen molar-refractivity contribution in [2.24, 2.45) is 16.7 Å². The Morgan fingerprint density at radius 2 is 1.67 bits per heavy atom. The van der Waals surface area contributed by atoms with E-state index in [1.807, 2.05) is 0 Å². The maximum atomic E-state index is 8.88. The third-order valence-corrected chi connectivity index (χ3v) is 5.71. The number of hydrogen-bond acceptors (Lipinski definition) is 2. The van der Waals surface area contributed by atoms with E-state index in [0.29, 0.717) is 23.0 Å². The molecule has 4 aliphatic rings. The van der Waals surface area contributed by atoms with Crippen LogP contribution in [-0.4, -0.2) is 23.8 Å². The lowest BCUT2D eigenvalue weighted by Crippen LogP contribution is -2.64. The molecule has 0 heterocycles. The van der Waals surface area contributed by atoms with Crippen LogP contribution in [0.1, 0.15) is 65.2 Å². The van der Waals surface area contributed by atoms with Crippen molar-refractivity contribution < 1.29 is 5.11 Å². The topological polar surface area (TPSA) is 32.3 Å². The number of aliphatic hydroxyl groups is 1. The summed E-state index contributed by atoms with van der Waals surface area (Å²) in [6.45, 7) is 6.49. The van der Waals surface area contributed by atoms with Crippen LogP contribution in [0.2, 0.25) is 0 Å². The Labute approximate surface area is 112 Å². The molecule has 0 radical (unpaired) electrons. The number of aliphatic hydroxyl groups excluding tert-OH is 1. The van der Waals surface area contributed by atoms with Gasteiger partial charge in [0.05, 0.1) is 0 Å². The molecular weight excluding hydrogens is 222 g/mol. The van der Waals surface area contributed by atoms with Crippen molar-refractivity contribution in [1.29, 1.82) is 0 Å². The summed E-state index contributed by atoms with van der Waals surface area (Å²) in [6.07, 6.45) is 10.7. The summed E-state index contributed by atoms with van der Waals surface area (Å²) >= 11 is 0. The molecule has 0 aromatic heterocycles. The van der Waals surface area contributed by atoms with E-state index in [0.717, 1.165) is 25.3 Å². The zero-order valence-electron chi connectivity index (χ0n) is 12.1. The number of nitrogens with one attached hydrogen (secondary N) is 1. The Morgan fingerprint density at radius 3 is 2.22 bits per heavy atom. The van der Waals surface area contributed by atoms with E-state index in [2.05, 4.69) is 19.2 Å². The van der Waals surface area contributed by atoms with E-state index >= 15 is 0 Å². The van der Waals surface area contributed by atoms with Gasteiger partial charge in [-0.3, -0.25) is 0 Å². The summed E-state index contributed by atoms with van der Waals surface area (Å²) < 4.78 is 0. The first-order valence-corrected chi connectivity index (χ1v) is 7.83. The molecule has 2 N–H and O–H groups in total. The highest BCUT2D eigenvalue weighted by Crippen LogP contribution is 2.66. The summed E-state index contributed by atoms with van der Waals surface area (Å²) in [5.74, 6) is 0.974. The van der Waals surface area contributed by atoms with Gasteiger partial charge in [0.15, 0.2) is 0 Å². The Bertz CT molecular complexity index is 309. The van der Waals surface area contributed by atoms with E-state index in [1.54, 1.807) is 0 Å². The molecule has 0 amide bonds. The number of rotatable bonds is 5. The lowest BCUT2D eigenvalue weighted by Gasteiger charge is -2.65. The highest BCUT2D eigenvalue weighted by Gasteiger charge is 2.59. The van der Waals surface area contributed by atoms with Crippen LogP contribution in [0.15, 0.2) is 0 Å². The lowest BCUT2D eigenvalue weighted by molar-refractivity contribution is -0.117. The van der Waals surface area contributed by atoms with Crippen molar-refractivity contribution in [2.45, 2.75) is 70.8 Å². The monoisotopic (exact) mass is 251 g/mol. The highest BCUT2D eigenvalue weighted by molar-refractivity contribution is 5.14. The Balaban J connectivity index is 1.69. The van der Waals surface area contributed by atoms with Crippen LogP contribution >= 0.6 is 0 Å². The molecule has 4 saturated carbocycles. The number of unbranched alkanes of at least 4 members (excludes halogenated alkanes) is 1. The normalized spacial score (nSPS) is 49.8. The van der Waals surface area contributed by atoms with E-state index in [9.17, 15) is 0 Å². The predicted molar refractivity (Wildman–Crippen MR) is 74.5 cm³/mol. The molecule has 2 nitrogen and oxygen atoms in total. The molecule has 4 fully saturated rings. The van der Waals surface area contributed by atoms with Gasteiger partial charge in [-0.2, -0.15) is 0 Å². The standard InChI is InChI=1S/C16H29NO/c1-14-7-13-8-15(2,10-14)12-16(9-13,11-14)17-5-3-4-6-18/h13,17-18H,3-12H2,1-2H3/t13-,14+,15-,16+. The van der Waals surface area contributed by atoms with Crippen LogP contribution in [0.4, 0.5) is 0 Å². The molecule has 0 aromatic rings. The van der Waals surface area contributed by atoms with E-state index in [1.165, 1.54) is 38.5 Å². The number of hydrogen-bond donors (Lipinski definition) is 2. The fraction of sp³-hybridized carbons (Fsp3) is 1.00. The average Bonchev–Trinajstić information content (AvgIpc) is 2.19. The molecule has 0 aliphatic heterocycles. The van der Waals surface area contributed by atoms with Gasteiger partial charge in [0.25, 0.3) is 0 Å². The molecular formula is C16H29NO. The van der Waals surface area contributed by atoms with Gasteiger partial charge in [0, 0.05) is 12.1 Å². The maximum Gasteiger partial charge on any atom is 0.0431 e. The van der Waals surface area contributed by atoms with Gasteiger partial charge >= 0.3 is 0 Å². The van der Waals surface area contributed by atoms with Crippen LogP contribution in [0.25, 0.3) is 0 Å². The van der Waals surface area contributed by atoms with Gasteiger partial charge in [0.1, 0.15) is 0 Å². The minimum Gasteiger partial charge on any atom is -0.396 e.